The molecule has 0 aromatic carbocycles. The first-order valence-electron chi connectivity index (χ1n) is 5.31. The molecule has 0 amide bonds. The maximum absolute atomic E-state index is 10.1. The third-order valence-corrected chi connectivity index (χ3v) is 3.19. The SMILES string of the molecule is CSCCC(N)C(=O)O.CSCCC(N)C(=O)O.[Co]. The summed E-state index contributed by atoms with van der Waals surface area (Å²) in [5.74, 6) is -0.200. The fourth-order valence-electron chi connectivity index (χ4n) is 0.737. The molecule has 2 unspecified atom stereocenters. The van der Waals surface area contributed by atoms with E-state index in [-0.39, 0.29) is 16.8 Å². The standard InChI is InChI=1S/2C5H11NO2S.Co/c2*1-9-3-2-4(6)5(7)8;/h2*4H,2-3,6H2,1H3,(H,7,8);. The van der Waals surface area contributed by atoms with Crippen LogP contribution in [0.2, 0.25) is 0 Å². The zero-order chi connectivity index (χ0) is 14.6. The predicted octanol–water partition coefficient (Wildman–Crippen LogP) is 0.300. The molecule has 2 atom stereocenters. The molecule has 6 N–H and O–H groups in total. The van der Waals surface area contributed by atoms with Gasteiger partial charge >= 0.3 is 11.9 Å². The van der Waals surface area contributed by atoms with Crippen molar-refractivity contribution >= 4 is 35.5 Å². The van der Waals surface area contributed by atoms with E-state index in [1.165, 1.54) is 0 Å². The van der Waals surface area contributed by atoms with Crippen molar-refractivity contribution in [2.24, 2.45) is 11.5 Å². The van der Waals surface area contributed by atoms with Crippen molar-refractivity contribution in [3.63, 3.8) is 0 Å². The molecule has 0 rings (SSSR count). The molecule has 0 bridgehead atoms. The molecule has 6 nitrogen and oxygen atoms in total. The van der Waals surface area contributed by atoms with Crippen molar-refractivity contribution < 1.29 is 36.6 Å². The van der Waals surface area contributed by atoms with Crippen molar-refractivity contribution in [1.29, 1.82) is 0 Å². The summed E-state index contributed by atoms with van der Waals surface area (Å²) in [7, 11) is 0. The maximum Gasteiger partial charge on any atom is 0.320 e. The van der Waals surface area contributed by atoms with Gasteiger partial charge in [0.15, 0.2) is 0 Å². The summed E-state index contributed by atoms with van der Waals surface area (Å²) in [6.45, 7) is 0. The zero-order valence-electron chi connectivity index (χ0n) is 11.0. The van der Waals surface area contributed by atoms with Gasteiger partial charge in [-0.15, -0.1) is 0 Å². The summed E-state index contributed by atoms with van der Waals surface area (Å²) in [5, 5.41) is 16.5. The van der Waals surface area contributed by atoms with E-state index in [1.807, 2.05) is 12.5 Å². The van der Waals surface area contributed by atoms with Gasteiger partial charge in [0.1, 0.15) is 12.1 Å². The van der Waals surface area contributed by atoms with Gasteiger partial charge in [-0.3, -0.25) is 9.59 Å². The average Bonchev–Trinajstić information content (AvgIpc) is 2.33. The number of carbonyl (C=O) groups is 2. The second-order valence-corrected chi connectivity index (χ2v) is 5.42. The number of nitrogens with two attached hydrogens (primary N) is 2. The molecule has 0 aromatic rings. The Labute approximate surface area is 132 Å². The average molecular weight is 357 g/mol. The third kappa shape index (κ3) is 18.1. The van der Waals surface area contributed by atoms with Gasteiger partial charge in [-0.25, -0.2) is 0 Å². The second-order valence-electron chi connectivity index (χ2n) is 3.45. The number of thioether (sulfide) groups is 2. The molecule has 0 saturated carbocycles. The number of aliphatic carboxylic acids is 2. The Morgan fingerprint density at radius 1 is 0.947 bits per heavy atom. The summed E-state index contributed by atoms with van der Waals surface area (Å²) in [6.07, 6.45) is 4.95. The topological polar surface area (TPSA) is 127 Å². The molecule has 0 fully saturated rings. The predicted molar refractivity (Wildman–Crippen MR) is 77.2 cm³/mol. The minimum Gasteiger partial charge on any atom is -0.480 e. The van der Waals surface area contributed by atoms with Crippen LogP contribution in [-0.4, -0.2) is 58.3 Å². The number of carboxylic acids is 2. The van der Waals surface area contributed by atoms with Gasteiger partial charge in [0.25, 0.3) is 0 Å². The van der Waals surface area contributed by atoms with Crippen LogP contribution in [-0.2, 0) is 26.4 Å². The van der Waals surface area contributed by atoms with E-state index in [2.05, 4.69) is 0 Å². The van der Waals surface area contributed by atoms with Gasteiger partial charge in [0.05, 0.1) is 0 Å². The molecule has 0 aliphatic carbocycles. The third-order valence-electron chi connectivity index (χ3n) is 1.90. The minimum absolute atomic E-state index is 0. The van der Waals surface area contributed by atoms with Gasteiger partial charge in [0.2, 0.25) is 0 Å². The Bertz CT molecular complexity index is 224. The Kier molecular flexibility index (Phi) is 20.5. The van der Waals surface area contributed by atoms with E-state index in [4.69, 9.17) is 21.7 Å². The molecule has 0 aromatic heterocycles. The molecular formula is C10H22CoN2O4S2. The Morgan fingerprint density at radius 2 is 1.21 bits per heavy atom. The van der Waals surface area contributed by atoms with E-state index in [0.29, 0.717) is 12.8 Å². The smallest absolute Gasteiger partial charge is 0.320 e. The van der Waals surface area contributed by atoms with Crippen LogP contribution in [0.5, 0.6) is 0 Å². The fraction of sp³-hybridized carbons (Fsp3) is 0.800. The van der Waals surface area contributed by atoms with Crippen LogP contribution in [0.4, 0.5) is 0 Å². The number of carboxylic acid groups (broad SMARTS) is 2. The molecule has 9 heteroatoms. The van der Waals surface area contributed by atoms with Gasteiger partial charge in [0, 0.05) is 16.8 Å². The molecule has 0 heterocycles. The summed E-state index contributed by atoms with van der Waals surface area (Å²) < 4.78 is 0. The minimum atomic E-state index is -0.913. The maximum atomic E-state index is 10.1. The van der Waals surface area contributed by atoms with Crippen molar-refractivity contribution in [2.75, 3.05) is 24.0 Å². The summed E-state index contributed by atoms with van der Waals surface area (Å²) in [6, 6.07) is -1.37. The first-order chi connectivity index (χ1) is 8.36. The largest absolute Gasteiger partial charge is 0.480 e. The quantitative estimate of drug-likeness (QED) is 0.489. The normalized spacial score (nSPS) is 12.4. The van der Waals surface area contributed by atoms with Crippen LogP contribution in [0.15, 0.2) is 0 Å². The van der Waals surface area contributed by atoms with Crippen molar-refractivity contribution in [3.8, 4) is 0 Å². The molecule has 1 radical (unpaired) electrons. The molecule has 0 saturated heterocycles. The first-order valence-corrected chi connectivity index (χ1v) is 8.10. The van der Waals surface area contributed by atoms with Gasteiger partial charge in [-0.05, 0) is 36.9 Å². The van der Waals surface area contributed by atoms with Crippen LogP contribution in [0.3, 0.4) is 0 Å². The van der Waals surface area contributed by atoms with Crippen LogP contribution in [0, 0.1) is 0 Å². The monoisotopic (exact) mass is 357 g/mol. The van der Waals surface area contributed by atoms with Crippen LogP contribution < -0.4 is 11.5 Å². The zero-order valence-corrected chi connectivity index (χ0v) is 13.7. The van der Waals surface area contributed by atoms with E-state index in [9.17, 15) is 9.59 Å². The molecule has 0 aliphatic heterocycles. The van der Waals surface area contributed by atoms with E-state index in [1.54, 1.807) is 23.5 Å². The Morgan fingerprint density at radius 3 is 1.37 bits per heavy atom. The summed E-state index contributed by atoms with van der Waals surface area (Å²) in [4.78, 5) is 20.1. The second kappa shape index (κ2) is 16.1. The number of hydrogen-bond acceptors (Lipinski definition) is 6. The summed E-state index contributed by atoms with van der Waals surface area (Å²) in [5.41, 5.74) is 10.4. The van der Waals surface area contributed by atoms with Crippen LogP contribution >= 0.6 is 23.5 Å². The summed E-state index contributed by atoms with van der Waals surface area (Å²) >= 11 is 3.21. The Hall–Kier alpha value is 0.0665. The molecular weight excluding hydrogens is 335 g/mol. The van der Waals surface area contributed by atoms with E-state index >= 15 is 0 Å². The number of hydrogen-bond donors (Lipinski definition) is 4. The fourth-order valence-corrected chi connectivity index (χ4v) is 1.72. The van der Waals surface area contributed by atoms with Crippen molar-refractivity contribution in [1.82, 2.24) is 0 Å². The van der Waals surface area contributed by atoms with Gasteiger partial charge < -0.3 is 21.7 Å². The molecule has 19 heavy (non-hydrogen) atoms. The number of rotatable bonds is 8. The van der Waals surface area contributed by atoms with Crippen LogP contribution in [0.25, 0.3) is 0 Å². The first kappa shape index (κ1) is 24.1. The van der Waals surface area contributed by atoms with Crippen molar-refractivity contribution in [3.05, 3.63) is 0 Å². The molecule has 0 spiro atoms. The van der Waals surface area contributed by atoms with Gasteiger partial charge in [-0.1, -0.05) is 0 Å². The Balaban J connectivity index is -0.000000256. The van der Waals surface area contributed by atoms with Crippen LogP contribution in [0.1, 0.15) is 12.8 Å². The molecule has 0 aliphatic rings. The van der Waals surface area contributed by atoms with E-state index < -0.39 is 24.0 Å². The van der Waals surface area contributed by atoms with E-state index in [0.717, 1.165) is 11.5 Å². The van der Waals surface area contributed by atoms with Gasteiger partial charge in [-0.2, -0.15) is 23.5 Å². The van der Waals surface area contributed by atoms with Crippen molar-refractivity contribution in [2.45, 2.75) is 24.9 Å². The molecule has 117 valence electrons.